The van der Waals surface area contributed by atoms with Crippen molar-refractivity contribution in [1.82, 2.24) is 9.55 Å². The summed E-state index contributed by atoms with van der Waals surface area (Å²) in [7, 11) is 0. The SMILES string of the molecule is Cc1cccc(NCCn2cnccc2=O)c1. The van der Waals surface area contributed by atoms with Crippen LogP contribution in [0.2, 0.25) is 0 Å². The first-order valence-corrected chi connectivity index (χ1v) is 5.57. The summed E-state index contributed by atoms with van der Waals surface area (Å²) in [6, 6.07) is 9.61. The third kappa shape index (κ3) is 3.17. The van der Waals surface area contributed by atoms with E-state index in [1.807, 2.05) is 12.1 Å². The van der Waals surface area contributed by atoms with Gasteiger partial charge in [-0.2, -0.15) is 0 Å². The first-order valence-electron chi connectivity index (χ1n) is 5.57. The quantitative estimate of drug-likeness (QED) is 0.867. The number of anilines is 1. The molecule has 2 aromatic rings. The highest BCUT2D eigenvalue weighted by molar-refractivity contribution is 5.45. The second-order valence-corrected chi connectivity index (χ2v) is 3.91. The summed E-state index contributed by atoms with van der Waals surface area (Å²) < 4.78 is 1.59. The molecule has 88 valence electrons. The van der Waals surface area contributed by atoms with Gasteiger partial charge in [-0.05, 0) is 24.6 Å². The number of aryl methyl sites for hydroxylation is 1. The Morgan fingerprint density at radius 2 is 2.24 bits per heavy atom. The molecule has 0 aliphatic rings. The van der Waals surface area contributed by atoms with E-state index >= 15 is 0 Å². The molecule has 4 nitrogen and oxygen atoms in total. The number of benzene rings is 1. The molecule has 1 N–H and O–H groups in total. The molecule has 1 aromatic heterocycles. The fraction of sp³-hybridized carbons (Fsp3) is 0.231. The van der Waals surface area contributed by atoms with E-state index in [0.717, 1.165) is 5.69 Å². The zero-order chi connectivity index (χ0) is 12.1. The van der Waals surface area contributed by atoms with Crippen LogP contribution in [0, 0.1) is 6.92 Å². The predicted molar refractivity (Wildman–Crippen MR) is 68.2 cm³/mol. The lowest BCUT2D eigenvalue weighted by atomic mass is 10.2. The van der Waals surface area contributed by atoms with E-state index in [1.165, 1.54) is 17.8 Å². The Bertz CT molecular complexity index is 548. The van der Waals surface area contributed by atoms with Gasteiger partial charge in [0.25, 0.3) is 5.56 Å². The Hall–Kier alpha value is -2.10. The predicted octanol–water partition coefficient (Wildman–Crippen LogP) is 1.66. The first-order chi connectivity index (χ1) is 8.25. The van der Waals surface area contributed by atoms with Gasteiger partial charge < -0.3 is 5.32 Å². The van der Waals surface area contributed by atoms with Gasteiger partial charge in [0, 0.05) is 31.0 Å². The Morgan fingerprint density at radius 3 is 3.00 bits per heavy atom. The topological polar surface area (TPSA) is 46.9 Å². The maximum atomic E-state index is 11.4. The molecule has 2 rings (SSSR count). The normalized spacial score (nSPS) is 10.2. The van der Waals surface area contributed by atoms with Crippen molar-refractivity contribution >= 4 is 5.69 Å². The van der Waals surface area contributed by atoms with E-state index in [9.17, 15) is 4.79 Å². The van der Waals surface area contributed by atoms with Gasteiger partial charge in [0.15, 0.2) is 0 Å². The zero-order valence-electron chi connectivity index (χ0n) is 9.76. The fourth-order valence-corrected chi connectivity index (χ4v) is 1.62. The van der Waals surface area contributed by atoms with E-state index < -0.39 is 0 Å². The van der Waals surface area contributed by atoms with Crippen LogP contribution in [0.25, 0.3) is 0 Å². The molecule has 0 bridgehead atoms. The Balaban J connectivity index is 1.92. The fourth-order valence-electron chi connectivity index (χ4n) is 1.62. The molecule has 4 heteroatoms. The highest BCUT2D eigenvalue weighted by Gasteiger charge is 1.95. The second kappa shape index (κ2) is 5.30. The molecule has 0 aliphatic heterocycles. The molecule has 0 radical (unpaired) electrons. The van der Waals surface area contributed by atoms with Gasteiger partial charge in [0.1, 0.15) is 0 Å². The van der Waals surface area contributed by atoms with Crippen molar-refractivity contribution in [3.8, 4) is 0 Å². The van der Waals surface area contributed by atoms with E-state index in [4.69, 9.17) is 0 Å². The van der Waals surface area contributed by atoms with Gasteiger partial charge in [-0.25, -0.2) is 4.98 Å². The molecular weight excluding hydrogens is 214 g/mol. The van der Waals surface area contributed by atoms with Crippen LogP contribution in [-0.2, 0) is 6.54 Å². The van der Waals surface area contributed by atoms with Crippen LogP contribution in [0.4, 0.5) is 5.69 Å². The summed E-state index contributed by atoms with van der Waals surface area (Å²) in [4.78, 5) is 15.3. The molecule has 1 aromatic carbocycles. The number of nitrogens with zero attached hydrogens (tertiary/aromatic N) is 2. The van der Waals surface area contributed by atoms with Crippen molar-refractivity contribution in [1.29, 1.82) is 0 Å². The Kier molecular flexibility index (Phi) is 3.55. The standard InChI is InChI=1S/C13H15N3O/c1-11-3-2-4-12(9-11)15-7-8-16-10-14-6-5-13(16)17/h2-6,9-10,15H,7-8H2,1H3. The number of hydrogen-bond acceptors (Lipinski definition) is 3. The molecule has 0 aliphatic carbocycles. The minimum absolute atomic E-state index is 0.0222. The Labute approximate surface area is 99.9 Å². The Morgan fingerprint density at radius 1 is 1.35 bits per heavy atom. The van der Waals surface area contributed by atoms with E-state index in [2.05, 4.69) is 29.4 Å². The molecule has 0 saturated heterocycles. The van der Waals surface area contributed by atoms with Crippen LogP contribution in [0.5, 0.6) is 0 Å². The molecule has 0 amide bonds. The molecule has 17 heavy (non-hydrogen) atoms. The van der Waals surface area contributed by atoms with Gasteiger partial charge in [-0.1, -0.05) is 12.1 Å². The van der Waals surface area contributed by atoms with Crippen LogP contribution >= 0.6 is 0 Å². The molecule has 0 fully saturated rings. The number of aromatic nitrogens is 2. The van der Waals surface area contributed by atoms with Crippen LogP contribution < -0.4 is 10.9 Å². The smallest absolute Gasteiger partial charge is 0.253 e. The largest absolute Gasteiger partial charge is 0.383 e. The molecule has 0 saturated carbocycles. The lowest BCUT2D eigenvalue weighted by molar-refractivity contribution is 0.680. The number of nitrogens with one attached hydrogen (secondary N) is 1. The summed E-state index contributed by atoms with van der Waals surface area (Å²) >= 11 is 0. The van der Waals surface area contributed by atoms with Crippen molar-refractivity contribution in [2.75, 3.05) is 11.9 Å². The highest BCUT2D eigenvalue weighted by Crippen LogP contribution is 2.08. The lowest BCUT2D eigenvalue weighted by Gasteiger charge is -2.08. The lowest BCUT2D eigenvalue weighted by Crippen LogP contribution is -2.22. The molecule has 0 atom stereocenters. The van der Waals surface area contributed by atoms with Crippen molar-refractivity contribution in [2.45, 2.75) is 13.5 Å². The van der Waals surface area contributed by atoms with Gasteiger partial charge >= 0.3 is 0 Å². The number of rotatable bonds is 4. The monoisotopic (exact) mass is 229 g/mol. The maximum absolute atomic E-state index is 11.4. The summed E-state index contributed by atoms with van der Waals surface area (Å²) in [5.74, 6) is 0. The van der Waals surface area contributed by atoms with Gasteiger partial charge in [0.2, 0.25) is 0 Å². The summed E-state index contributed by atoms with van der Waals surface area (Å²) in [6.45, 7) is 3.37. The minimum atomic E-state index is -0.0222. The van der Waals surface area contributed by atoms with E-state index in [1.54, 1.807) is 10.9 Å². The van der Waals surface area contributed by atoms with Crippen LogP contribution in [0.3, 0.4) is 0 Å². The van der Waals surface area contributed by atoms with Crippen molar-refractivity contribution in [3.05, 3.63) is 58.8 Å². The van der Waals surface area contributed by atoms with E-state index in [0.29, 0.717) is 13.1 Å². The maximum Gasteiger partial charge on any atom is 0.253 e. The van der Waals surface area contributed by atoms with Gasteiger partial charge in [-0.3, -0.25) is 9.36 Å². The third-order valence-corrected chi connectivity index (χ3v) is 2.49. The molecule has 0 spiro atoms. The van der Waals surface area contributed by atoms with Crippen molar-refractivity contribution < 1.29 is 0 Å². The average molecular weight is 229 g/mol. The van der Waals surface area contributed by atoms with E-state index in [-0.39, 0.29) is 5.56 Å². The average Bonchev–Trinajstić information content (AvgIpc) is 2.32. The van der Waals surface area contributed by atoms with Crippen LogP contribution in [-0.4, -0.2) is 16.1 Å². The van der Waals surface area contributed by atoms with Crippen LogP contribution in [0.1, 0.15) is 5.56 Å². The molecular formula is C13H15N3O. The second-order valence-electron chi connectivity index (χ2n) is 3.91. The minimum Gasteiger partial charge on any atom is -0.383 e. The number of hydrogen-bond donors (Lipinski definition) is 1. The summed E-state index contributed by atoms with van der Waals surface area (Å²) in [5, 5.41) is 3.27. The van der Waals surface area contributed by atoms with Gasteiger partial charge in [-0.15, -0.1) is 0 Å². The highest BCUT2D eigenvalue weighted by atomic mass is 16.1. The van der Waals surface area contributed by atoms with Crippen molar-refractivity contribution in [3.63, 3.8) is 0 Å². The molecule has 0 unspecified atom stereocenters. The molecule has 1 heterocycles. The van der Waals surface area contributed by atoms with Crippen LogP contribution in [0.15, 0.2) is 47.7 Å². The third-order valence-electron chi connectivity index (χ3n) is 2.49. The van der Waals surface area contributed by atoms with Crippen molar-refractivity contribution in [2.24, 2.45) is 0 Å². The first kappa shape index (κ1) is 11.4. The van der Waals surface area contributed by atoms with Gasteiger partial charge in [0.05, 0.1) is 6.33 Å². The summed E-state index contributed by atoms with van der Waals surface area (Å²) in [6.07, 6.45) is 3.06. The zero-order valence-corrected chi connectivity index (χ0v) is 9.76. The summed E-state index contributed by atoms with van der Waals surface area (Å²) in [5.41, 5.74) is 2.27.